The van der Waals surface area contributed by atoms with Crippen molar-refractivity contribution < 1.29 is 19.4 Å². The molecule has 0 unspecified atom stereocenters. The molecule has 6 rings (SSSR count). The SMILES string of the molecule is CCCC1=C2[C@@H](CC/C(=C/c3ccc(O)cc3Cl)c3ccccn3)OC[C@@H]2[C@@H]2C(=O)N(C3CCCCC3)C(=O)[C@@H]2C1. The highest BCUT2D eigenvalue weighted by Gasteiger charge is 2.57. The molecule has 6 nitrogen and oxygen atoms in total. The van der Waals surface area contributed by atoms with Crippen LogP contribution in [-0.4, -0.2) is 45.6 Å². The lowest BCUT2D eigenvalue weighted by Crippen LogP contribution is -2.42. The van der Waals surface area contributed by atoms with Gasteiger partial charge in [0, 0.05) is 18.2 Å². The summed E-state index contributed by atoms with van der Waals surface area (Å²) < 4.78 is 6.48. The maximum Gasteiger partial charge on any atom is 0.234 e. The standard InChI is InChI=1S/C34H39ClN2O4/c1-2-8-23-18-26-32(34(40)37(33(26)39)24-9-4-3-5-10-24)27-20-41-30(31(23)27)15-13-22(29-11-6-7-16-36-29)17-21-12-14-25(38)19-28(21)35/h6-7,11-12,14,16-17,19,24,26-27,30,32,38H,2-5,8-10,13,15,18,20H2,1H3/b22-17-/t26-,27+,30-,32-/m1/s1. The zero-order valence-electron chi connectivity index (χ0n) is 23.7. The van der Waals surface area contributed by atoms with Gasteiger partial charge < -0.3 is 9.84 Å². The first-order valence-electron chi connectivity index (χ1n) is 15.3. The van der Waals surface area contributed by atoms with Gasteiger partial charge in [0.1, 0.15) is 5.75 Å². The van der Waals surface area contributed by atoms with E-state index in [0.29, 0.717) is 24.5 Å². The number of ether oxygens (including phenoxy) is 1. The molecule has 1 aromatic carbocycles. The van der Waals surface area contributed by atoms with E-state index in [1.54, 1.807) is 23.2 Å². The third-order valence-electron chi connectivity index (χ3n) is 9.52. The molecule has 2 aliphatic carbocycles. The highest BCUT2D eigenvalue weighted by molar-refractivity contribution is 6.32. The minimum atomic E-state index is -0.286. The van der Waals surface area contributed by atoms with Crippen LogP contribution in [0.2, 0.25) is 5.02 Å². The number of benzene rings is 1. The van der Waals surface area contributed by atoms with E-state index >= 15 is 0 Å². The summed E-state index contributed by atoms with van der Waals surface area (Å²) in [5.74, 6) is -0.294. The topological polar surface area (TPSA) is 79.7 Å². The Morgan fingerprint density at radius 1 is 1.12 bits per heavy atom. The summed E-state index contributed by atoms with van der Waals surface area (Å²) in [5, 5.41) is 10.3. The van der Waals surface area contributed by atoms with Gasteiger partial charge >= 0.3 is 0 Å². The first kappa shape index (κ1) is 28.2. The van der Waals surface area contributed by atoms with E-state index in [1.807, 2.05) is 30.3 Å². The lowest BCUT2D eigenvalue weighted by molar-refractivity contribution is -0.143. The molecular formula is C34H39ClN2O4. The number of carbonyl (C=O) groups is 2. The van der Waals surface area contributed by atoms with Crippen molar-refractivity contribution in [3.63, 3.8) is 0 Å². The van der Waals surface area contributed by atoms with E-state index in [4.69, 9.17) is 16.3 Å². The molecule has 41 heavy (non-hydrogen) atoms. The number of likely N-dealkylation sites (tertiary alicyclic amines) is 1. The first-order valence-corrected chi connectivity index (χ1v) is 15.6. The summed E-state index contributed by atoms with van der Waals surface area (Å²) in [7, 11) is 0. The number of fused-ring (bicyclic) bond motifs is 3. The second-order valence-corrected chi connectivity index (χ2v) is 12.4. The Labute approximate surface area is 247 Å². The smallest absolute Gasteiger partial charge is 0.234 e. The molecule has 2 saturated heterocycles. The van der Waals surface area contributed by atoms with Crippen molar-refractivity contribution in [2.24, 2.45) is 17.8 Å². The Hall–Kier alpha value is -2.96. The van der Waals surface area contributed by atoms with Gasteiger partial charge in [-0.2, -0.15) is 0 Å². The number of pyridine rings is 1. The Morgan fingerprint density at radius 3 is 2.68 bits per heavy atom. The van der Waals surface area contributed by atoms with Gasteiger partial charge in [0.05, 0.1) is 35.3 Å². The highest BCUT2D eigenvalue weighted by atomic mass is 35.5. The average molecular weight is 575 g/mol. The van der Waals surface area contributed by atoms with E-state index in [9.17, 15) is 14.7 Å². The zero-order valence-corrected chi connectivity index (χ0v) is 24.5. The van der Waals surface area contributed by atoms with Gasteiger partial charge in [0.25, 0.3) is 0 Å². The lowest BCUT2D eigenvalue weighted by atomic mass is 9.68. The van der Waals surface area contributed by atoms with Crippen molar-refractivity contribution in [3.8, 4) is 5.75 Å². The molecular weight excluding hydrogens is 536 g/mol. The van der Waals surface area contributed by atoms with Crippen LogP contribution >= 0.6 is 11.6 Å². The maximum absolute atomic E-state index is 13.9. The number of imide groups is 1. The number of phenolic OH excluding ortho intramolecular Hbond substituents is 1. The number of amides is 2. The summed E-state index contributed by atoms with van der Waals surface area (Å²) in [6, 6.07) is 10.9. The van der Waals surface area contributed by atoms with Crippen LogP contribution in [0.4, 0.5) is 0 Å². The molecule has 2 aromatic rings. The maximum atomic E-state index is 13.9. The van der Waals surface area contributed by atoms with Crippen LogP contribution in [-0.2, 0) is 14.3 Å². The predicted octanol–water partition coefficient (Wildman–Crippen LogP) is 7.21. The minimum absolute atomic E-state index is 0.0147. The summed E-state index contributed by atoms with van der Waals surface area (Å²) >= 11 is 6.46. The Balaban J connectivity index is 1.27. The summed E-state index contributed by atoms with van der Waals surface area (Å²) in [4.78, 5) is 33.8. The van der Waals surface area contributed by atoms with Crippen molar-refractivity contribution in [3.05, 3.63) is 70.0 Å². The van der Waals surface area contributed by atoms with Crippen molar-refractivity contribution in [1.82, 2.24) is 9.88 Å². The monoisotopic (exact) mass is 574 g/mol. The van der Waals surface area contributed by atoms with E-state index in [-0.39, 0.29) is 47.5 Å². The lowest BCUT2D eigenvalue weighted by Gasteiger charge is -2.32. The molecule has 0 radical (unpaired) electrons. The summed E-state index contributed by atoms with van der Waals surface area (Å²) in [6.45, 7) is 2.68. The largest absolute Gasteiger partial charge is 0.508 e. The fourth-order valence-electron chi connectivity index (χ4n) is 7.67. The van der Waals surface area contributed by atoms with Crippen LogP contribution in [0.15, 0.2) is 53.7 Å². The molecule has 0 spiro atoms. The van der Waals surface area contributed by atoms with Crippen LogP contribution < -0.4 is 0 Å². The molecule has 4 aliphatic rings. The third-order valence-corrected chi connectivity index (χ3v) is 9.84. The summed E-state index contributed by atoms with van der Waals surface area (Å²) in [6.07, 6.45) is 13.1. The molecule has 7 heteroatoms. The van der Waals surface area contributed by atoms with Gasteiger partial charge in [-0.25, -0.2) is 0 Å². The number of aromatic hydroxyl groups is 1. The minimum Gasteiger partial charge on any atom is -0.508 e. The predicted molar refractivity (Wildman–Crippen MR) is 160 cm³/mol. The second-order valence-electron chi connectivity index (χ2n) is 12.0. The number of phenols is 1. The van der Waals surface area contributed by atoms with Crippen molar-refractivity contribution >= 4 is 35.1 Å². The molecule has 4 atom stereocenters. The van der Waals surface area contributed by atoms with Crippen LogP contribution in [0.5, 0.6) is 5.75 Å². The number of carbonyl (C=O) groups excluding carboxylic acids is 2. The fourth-order valence-corrected chi connectivity index (χ4v) is 7.90. The molecule has 2 amide bonds. The molecule has 216 valence electrons. The second kappa shape index (κ2) is 12.1. The van der Waals surface area contributed by atoms with Crippen LogP contribution in [0.3, 0.4) is 0 Å². The van der Waals surface area contributed by atoms with Crippen molar-refractivity contribution in [2.45, 2.75) is 83.3 Å². The molecule has 1 aromatic heterocycles. The van der Waals surface area contributed by atoms with E-state index in [0.717, 1.165) is 61.8 Å². The van der Waals surface area contributed by atoms with Gasteiger partial charge in [-0.15, -0.1) is 0 Å². The number of nitrogens with zero attached hydrogens (tertiary/aromatic N) is 2. The van der Waals surface area contributed by atoms with Gasteiger partial charge in [0.15, 0.2) is 0 Å². The normalized spacial score (nSPS) is 27.0. The Bertz CT molecular complexity index is 1360. The number of halogens is 1. The average Bonchev–Trinajstić information content (AvgIpc) is 3.51. The van der Waals surface area contributed by atoms with Gasteiger partial charge in [-0.05, 0) is 91.6 Å². The van der Waals surface area contributed by atoms with E-state index < -0.39 is 0 Å². The Morgan fingerprint density at radius 2 is 1.95 bits per heavy atom. The number of hydrogen-bond donors (Lipinski definition) is 1. The van der Waals surface area contributed by atoms with Crippen LogP contribution in [0, 0.1) is 17.8 Å². The Kier molecular flexibility index (Phi) is 8.32. The molecule has 0 bridgehead atoms. The number of rotatable bonds is 8. The van der Waals surface area contributed by atoms with Gasteiger partial charge in [-0.1, -0.05) is 55.8 Å². The van der Waals surface area contributed by atoms with E-state index in [2.05, 4.69) is 11.9 Å². The number of allylic oxidation sites excluding steroid dienone is 2. The summed E-state index contributed by atoms with van der Waals surface area (Å²) in [5.41, 5.74) is 5.34. The van der Waals surface area contributed by atoms with Crippen molar-refractivity contribution in [2.75, 3.05) is 6.61 Å². The first-order chi connectivity index (χ1) is 20.0. The van der Waals surface area contributed by atoms with E-state index in [1.165, 1.54) is 17.6 Å². The molecule has 3 heterocycles. The molecule has 1 saturated carbocycles. The van der Waals surface area contributed by atoms with Crippen LogP contribution in [0.1, 0.15) is 82.4 Å². The van der Waals surface area contributed by atoms with Crippen LogP contribution in [0.25, 0.3) is 11.6 Å². The third kappa shape index (κ3) is 5.49. The quantitative estimate of drug-likeness (QED) is 0.266. The molecule has 2 aliphatic heterocycles. The zero-order chi connectivity index (χ0) is 28.5. The number of hydrogen-bond acceptors (Lipinski definition) is 5. The molecule has 3 fully saturated rings. The number of aromatic nitrogens is 1. The highest BCUT2D eigenvalue weighted by Crippen LogP contribution is 2.51. The van der Waals surface area contributed by atoms with Crippen molar-refractivity contribution in [1.29, 1.82) is 0 Å². The fraction of sp³-hybridized carbons (Fsp3) is 0.500. The van der Waals surface area contributed by atoms with Gasteiger partial charge in [0.2, 0.25) is 11.8 Å². The molecule has 1 N–H and O–H groups in total. The van der Waals surface area contributed by atoms with Gasteiger partial charge in [-0.3, -0.25) is 19.5 Å².